The van der Waals surface area contributed by atoms with E-state index in [1.165, 1.54) is 11.8 Å². The Balaban J connectivity index is 0.00000312. The van der Waals surface area contributed by atoms with Gasteiger partial charge in [0.25, 0.3) is 0 Å². The summed E-state index contributed by atoms with van der Waals surface area (Å²) >= 11 is 0. The van der Waals surface area contributed by atoms with Crippen LogP contribution in [-0.4, -0.2) is 41.4 Å². The predicted octanol–water partition coefficient (Wildman–Crippen LogP) is 2.26. The molecule has 1 radical (unpaired) electrons. The Hall–Kier alpha value is -1.47. The van der Waals surface area contributed by atoms with Crippen LogP contribution in [0.3, 0.4) is 0 Å². The van der Waals surface area contributed by atoms with Crippen molar-refractivity contribution in [3.8, 4) is 0 Å². The maximum absolute atomic E-state index is 12.5. The molecule has 0 saturated carbocycles. The average Bonchev–Trinajstić information content (AvgIpc) is 2.75. The maximum Gasteiger partial charge on any atom is 0.408 e. The Kier molecular flexibility index (Phi) is 9.07. The smallest absolute Gasteiger partial charge is 0.408 e. The molecular weight excluding hydrogens is 399 g/mol. The van der Waals surface area contributed by atoms with Crippen molar-refractivity contribution in [2.75, 3.05) is 6.54 Å². The summed E-state index contributed by atoms with van der Waals surface area (Å²) in [7, 11) is 0. The van der Waals surface area contributed by atoms with Gasteiger partial charge in [-0.2, -0.15) is 0 Å². The molecule has 7 nitrogen and oxygen atoms in total. The molecule has 0 bridgehead atoms. The summed E-state index contributed by atoms with van der Waals surface area (Å²) < 4.78 is 5.14. The quantitative estimate of drug-likeness (QED) is 0.789. The van der Waals surface area contributed by atoms with Crippen LogP contribution < -0.4 is 5.32 Å². The minimum atomic E-state index is -0.810. The van der Waals surface area contributed by atoms with Crippen LogP contribution in [0.5, 0.6) is 0 Å². The van der Waals surface area contributed by atoms with Crippen LogP contribution in [0.2, 0.25) is 0 Å². The molecule has 0 unspecified atom stereocenters. The van der Waals surface area contributed by atoms with Crippen molar-refractivity contribution in [2.45, 2.75) is 44.9 Å². The molecule has 3 amide bonds. The molecular formula is C17H22N3O4Y-. The number of carbonyl (C=O) groups is 3. The van der Waals surface area contributed by atoms with Crippen LogP contribution in [0.25, 0.3) is 5.73 Å². The van der Waals surface area contributed by atoms with Crippen molar-refractivity contribution < 1.29 is 51.8 Å². The number of alkyl carbamates (subject to hydrolysis) is 1. The standard InChI is InChI=1S/C17H23N3O4.Y/c1-12(15(18)21)20-10-6-5-9-14(16(20)22)19-17(23)24-11-13-7-3-2-4-8-13;/h2-4,7-8,12,14H,5-6,9-11H2,1H3,(H3,18,19,21,23);/p-1/t12-,14-;/m0./s1. The van der Waals surface area contributed by atoms with E-state index in [9.17, 15) is 14.4 Å². The molecule has 0 aromatic heterocycles. The third-order valence-corrected chi connectivity index (χ3v) is 4.07. The van der Waals surface area contributed by atoms with Gasteiger partial charge in [0.15, 0.2) is 0 Å². The van der Waals surface area contributed by atoms with E-state index in [-0.39, 0.29) is 45.2 Å². The molecule has 1 saturated heterocycles. The van der Waals surface area contributed by atoms with Gasteiger partial charge in [0.1, 0.15) is 12.6 Å². The van der Waals surface area contributed by atoms with E-state index in [1.807, 2.05) is 30.3 Å². The second kappa shape index (κ2) is 10.5. The molecule has 1 aliphatic rings. The number of nitrogens with one attached hydrogen (secondary N) is 2. The Labute approximate surface area is 172 Å². The number of rotatable bonds is 5. The summed E-state index contributed by atoms with van der Waals surface area (Å²) in [6, 6.07) is 7.72. The molecule has 2 N–H and O–H groups in total. The molecule has 8 heteroatoms. The van der Waals surface area contributed by atoms with Crippen molar-refractivity contribution in [2.24, 2.45) is 0 Å². The van der Waals surface area contributed by atoms with E-state index in [0.29, 0.717) is 13.0 Å². The Morgan fingerprint density at radius 1 is 1.32 bits per heavy atom. The molecule has 2 rings (SSSR count). The number of carbonyl (C=O) groups excluding carboxylic acids is 3. The van der Waals surface area contributed by atoms with Crippen LogP contribution in [0.15, 0.2) is 30.3 Å². The van der Waals surface area contributed by atoms with Gasteiger partial charge in [-0.15, -0.1) is 0 Å². The van der Waals surface area contributed by atoms with Crippen molar-refractivity contribution in [3.05, 3.63) is 41.6 Å². The van der Waals surface area contributed by atoms with Gasteiger partial charge in [0.2, 0.25) is 5.91 Å². The van der Waals surface area contributed by atoms with Gasteiger partial charge in [0, 0.05) is 39.3 Å². The minimum Gasteiger partial charge on any atom is -0.666 e. The Morgan fingerprint density at radius 3 is 2.64 bits per heavy atom. The SMILES string of the molecule is C[C@@H](C([NH-])=O)N1CCCC[C@H](NC(=O)OCc2ccccc2)C1=O.[Y]. The third kappa shape index (κ3) is 6.40. The summed E-state index contributed by atoms with van der Waals surface area (Å²) in [6.07, 6.45) is 1.32. The molecule has 1 heterocycles. The van der Waals surface area contributed by atoms with Gasteiger partial charge in [-0.1, -0.05) is 30.3 Å². The predicted molar refractivity (Wildman–Crippen MR) is 87.9 cm³/mol. The molecule has 0 spiro atoms. The topological polar surface area (TPSA) is 99.5 Å². The zero-order valence-corrected chi connectivity index (χ0v) is 17.1. The number of hydrogen-bond acceptors (Lipinski definition) is 4. The number of amides is 3. The second-order valence-corrected chi connectivity index (χ2v) is 5.83. The first-order valence-corrected chi connectivity index (χ1v) is 8.02. The zero-order chi connectivity index (χ0) is 17.5. The maximum atomic E-state index is 12.5. The summed E-state index contributed by atoms with van der Waals surface area (Å²) in [6.45, 7) is 2.07. The van der Waals surface area contributed by atoms with E-state index >= 15 is 0 Å². The summed E-state index contributed by atoms with van der Waals surface area (Å²) in [5.41, 5.74) is 8.06. The third-order valence-electron chi connectivity index (χ3n) is 4.07. The van der Waals surface area contributed by atoms with Crippen molar-refractivity contribution in [1.29, 1.82) is 0 Å². The van der Waals surface area contributed by atoms with E-state index in [2.05, 4.69) is 5.32 Å². The van der Waals surface area contributed by atoms with Gasteiger partial charge >= 0.3 is 6.09 Å². The zero-order valence-electron chi connectivity index (χ0n) is 14.2. The molecule has 133 valence electrons. The van der Waals surface area contributed by atoms with E-state index in [1.54, 1.807) is 0 Å². The molecule has 1 aromatic carbocycles. The van der Waals surface area contributed by atoms with Crippen molar-refractivity contribution >= 4 is 17.9 Å². The van der Waals surface area contributed by atoms with Gasteiger partial charge in [-0.05, 0) is 31.7 Å². The van der Waals surface area contributed by atoms with Crippen LogP contribution in [0.4, 0.5) is 4.79 Å². The fourth-order valence-electron chi connectivity index (χ4n) is 2.63. The molecule has 2 atom stereocenters. The Morgan fingerprint density at radius 2 is 2.00 bits per heavy atom. The van der Waals surface area contributed by atoms with Gasteiger partial charge in [0.05, 0.1) is 11.9 Å². The summed E-state index contributed by atoms with van der Waals surface area (Å²) in [4.78, 5) is 37.1. The first kappa shape index (κ1) is 21.6. The second-order valence-electron chi connectivity index (χ2n) is 5.83. The fourth-order valence-corrected chi connectivity index (χ4v) is 2.63. The number of nitrogens with zero attached hydrogens (tertiary/aromatic N) is 1. The van der Waals surface area contributed by atoms with E-state index in [4.69, 9.17) is 10.5 Å². The molecule has 1 aromatic rings. The minimum absolute atomic E-state index is 0. The van der Waals surface area contributed by atoms with Crippen LogP contribution in [0, 0.1) is 0 Å². The van der Waals surface area contributed by atoms with Crippen molar-refractivity contribution in [3.63, 3.8) is 0 Å². The average molecular weight is 421 g/mol. The first-order valence-electron chi connectivity index (χ1n) is 8.02. The largest absolute Gasteiger partial charge is 0.666 e. The molecule has 0 aliphatic carbocycles. The van der Waals surface area contributed by atoms with Crippen LogP contribution in [-0.2, 0) is 53.6 Å². The van der Waals surface area contributed by atoms with Gasteiger partial charge in [-0.3, -0.25) is 4.79 Å². The first-order chi connectivity index (χ1) is 11.5. The van der Waals surface area contributed by atoms with E-state index in [0.717, 1.165) is 18.4 Å². The van der Waals surface area contributed by atoms with Crippen LogP contribution >= 0.6 is 0 Å². The Bertz CT molecular complexity index is 597. The summed E-state index contributed by atoms with van der Waals surface area (Å²) in [5, 5.41) is 2.58. The van der Waals surface area contributed by atoms with E-state index < -0.39 is 24.1 Å². The number of ether oxygens (including phenoxy) is 1. The summed E-state index contributed by atoms with van der Waals surface area (Å²) in [5.74, 6) is -1.15. The van der Waals surface area contributed by atoms with Crippen LogP contribution in [0.1, 0.15) is 31.7 Å². The molecule has 1 aliphatic heterocycles. The number of likely N-dealkylation sites (tertiary alicyclic amines) is 1. The number of benzene rings is 1. The fraction of sp³-hybridized carbons (Fsp3) is 0.471. The monoisotopic (exact) mass is 421 g/mol. The van der Waals surface area contributed by atoms with Crippen molar-refractivity contribution in [1.82, 2.24) is 10.2 Å². The van der Waals surface area contributed by atoms with Gasteiger partial charge in [-0.25, -0.2) is 4.79 Å². The molecule has 1 fully saturated rings. The molecule has 25 heavy (non-hydrogen) atoms. The van der Waals surface area contributed by atoms with Gasteiger partial charge < -0.3 is 25.5 Å². The normalized spacial score (nSPS) is 18.5. The number of hydrogen-bond donors (Lipinski definition) is 1.